The molecule has 1 heterocycles. The fourth-order valence-corrected chi connectivity index (χ4v) is 2.71. The van der Waals surface area contributed by atoms with Crippen molar-refractivity contribution in [1.29, 1.82) is 0 Å². The molecule has 0 bridgehead atoms. The van der Waals surface area contributed by atoms with Gasteiger partial charge in [0.25, 0.3) is 0 Å². The zero-order valence-corrected chi connectivity index (χ0v) is 11.4. The summed E-state index contributed by atoms with van der Waals surface area (Å²) in [4.78, 5) is 27.0. The van der Waals surface area contributed by atoms with Crippen LogP contribution in [0.4, 0.5) is 0 Å². The van der Waals surface area contributed by atoms with E-state index in [2.05, 4.69) is 19.4 Å². The average molecular weight is 299 g/mol. The summed E-state index contributed by atoms with van der Waals surface area (Å²) in [5.74, 6) is -0.502. The molecule has 0 amide bonds. The summed E-state index contributed by atoms with van der Waals surface area (Å²) in [7, 11) is -2.51. The first-order valence-electron chi connectivity index (χ1n) is 5.71. The number of sulfonamides is 1. The number of fused-ring (bicyclic) bond motifs is 1. The lowest BCUT2D eigenvalue weighted by molar-refractivity contribution is -0.140. The lowest BCUT2D eigenvalue weighted by Crippen LogP contribution is -2.26. The minimum atomic E-state index is -3.74. The van der Waals surface area contributed by atoms with Crippen molar-refractivity contribution in [2.45, 2.75) is 11.3 Å². The van der Waals surface area contributed by atoms with Gasteiger partial charge in [-0.3, -0.25) is 4.79 Å². The molecule has 1 aromatic heterocycles. The van der Waals surface area contributed by atoms with Gasteiger partial charge in [-0.15, -0.1) is 0 Å². The van der Waals surface area contributed by atoms with Crippen molar-refractivity contribution in [2.75, 3.05) is 13.7 Å². The number of nitrogens with one attached hydrogen (secondary N) is 3. The molecule has 2 aromatic rings. The predicted octanol–water partition coefficient (Wildman–Crippen LogP) is -0.302. The van der Waals surface area contributed by atoms with Gasteiger partial charge in [0.1, 0.15) is 0 Å². The van der Waals surface area contributed by atoms with Crippen LogP contribution in [0.15, 0.2) is 27.9 Å². The molecule has 0 saturated carbocycles. The van der Waals surface area contributed by atoms with E-state index in [1.165, 1.54) is 25.3 Å². The van der Waals surface area contributed by atoms with Crippen LogP contribution in [-0.4, -0.2) is 38.0 Å². The van der Waals surface area contributed by atoms with Crippen LogP contribution in [0, 0.1) is 0 Å². The van der Waals surface area contributed by atoms with Crippen molar-refractivity contribution in [3.63, 3.8) is 0 Å². The Bertz CT molecular complexity index is 790. The van der Waals surface area contributed by atoms with E-state index in [0.717, 1.165) is 0 Å². The SMILES string of the molecule is COC(=O)CCNS(=O)(=O)c1ccc2[nH]c(=O)[nH]c2c1. The van der Waals surface area contributed by atoms with E-state index in [1.807, 2.05) is 0 Å². The van der Waals surface area contributed by atoms with Crippen molar-refractivity contribution in [3.05, 3.63) is 28.7 Å². The molecule has 1 aromatic carbocycles. The van der Waals surface area contributed by atoms with Gasteiger partial charge in [-0.05, 0) is 18.2 Å². The molecule has 108 valence electrons. The molecule has 20 heavy (non-hydrogen) atoms. The maximum Gasteiger partial charge on any atom is 0.323 e. The highest BCUT2D eigenvalue weighted by Gasteiger charge is 2.15. The molecular formula is C11H13N3O5S. The number of carbonyl (C=O) groups is 1. The summed E-state index contributed by atoms with van der Waals surface area (Å²) < 4.78 is 30.7. The van der Waals surface area contributed by atoms with Crippen molar-refractivity contribution < 1.29 is 17.9 Å². The summed E-state index contributed by atoms with van der Waals surface area (Å²) in [5.41, 5.74) is 0.502. The van der Waals surface area contributed by atoms with Gasteiger partial charge in [0.2, 0.25) is 10.0 Å². The van der Waals surface area contributed by atoms with Crippen LogP contribution in [-0.2, 0) is 19.6 Å². The third-order valence-electron chi connectivity index (χ3n) is 2.65. The van der Waals surface area contributed by atoms with Crippen LogP contribution < -0.4 is 10.4 Å². The first-order chi connectivity index (χ1) is 9.42. The number of aromatic amines is 2. The van der Waals surface area contributed by atoms with Crippen LogP contribution in [0.25, 0.3) is 11.0 Å². The minimum absolute atomic E-state index is 0.00474. The number of hydrogen-bond donors (Lipinski definition) is 3. The summed E-state index contributed by atoms with van der Waals surface area (Å²) in [6, 6.07) is 4.20. The molecule has 0 aliphatic carbocycles. The first kappa shape index (κ1) is 14.3. The topological polar surface area (TPSA) is 121 Å². The number of benzene rings is 1. The van der Waals surface area contributed by atoms with E-state index in [0.29, 0.717) is 11.0 Å². The monoisotopic (exact) mass is 299 g/mol. The van der Waals surface area contributed by atoms with Gasteiger partial charge in [0.05, 0.1) is 29.5 Å². The highest BCUT2D eigenvalue weighted by atomic mass is 32.2. The number of H-pyrrole nitrogens is 2. The summed E-state index contributed by atoms with van der Waals surface area (Å²) in [6.07, 6.45) is -0.0566. The Morgan fingerprint density at radius 1 is 1.30 bits per heavy atom. The number of aromatic nitrogens is 2. The van der Waals surface area contributed by atoms with Gasteiger partial charge in [-0.1, -0.05) is 0 Å². The Balaban J connectivity index is 2.18. The normalized spacial score (nSPS) is 11.7. The number of esters is 1. The van der Waals surface area contributed by atoms with Gasteiger partial charge < -0.3 is 14.7 Å². The second-order valence-corrected chi connectivity index (χ2v) is 5.78. The smallest absolute Gasteiger partial charge is 0.323 e. The zero-order chi connectivity index (χ0) is 14.8. The van der Waals surface area contributed by atoms with Gasteiger partial charge >= 0.3 is 11.7 Å². The Labute approximate surface area is 114 Å². The zero-order valence-electron chi connectivity index (χ0n) is 10.6. The van der Waals surface area contributed by atoms with E-state index < -0.39 is 21.7 Å². The van der Waals surface area contributed by atoms with Crippen LogP contribution in [0.5, 0.6) is 0 Å². The largest absolute Gasteiger partial charge is 0.469 e. The molecule has 0 atom stereocenters. The Morgan fingerprint density at radius 3 is 2.70 bits per heavy atom. The molecule has 0 radical (unpaired) electrons. The molecule has 3 N–H and O–H groups in total. The lowest BCUT2D eigenvalue weighted by atomic mass is 10.3. The van der Waals surface area contributed by atoms with Gasteiger partial charge in [-0.25, -0.2) is 17.9 Å². The quantitative estimate of drug-likeness (QED) is 0.654. The van der Waals surface area contributed by atoms with E-state index in [-0.39, 0.29) is 17.9 Å². The number of rotatable bonds is 5. The minimum Gasteiger partial charge on any atom is -0.469 e. The number of methoxy groups -OCH3 is 1. The molecule has 0 aliphatic rings. The van der Waals surface area contributed by atoms with Crippen LogP contribution >= 0.6 is 0 Å². The molecule has 0 aliphatic heterocycles. The maximum atomic E-state index is 12.0. The van der Waals surface area contributed by atoms with Crippen LogP contribution in [0.3, 0.4) is 0 Å². The highest BCUT2D eigenvalue weighted by Crippen LogP contribution is 2.14. The van der Waals surface area contributed by atoms with Crippen LogP contribution in [0.2, 0.25) is 0 Å². The van der Waals surface area contributed by atoms with Crippen molar-refractivity contribution in [1.82, 2.24) is 14.7 Å². The molecule has 0 saturated heterocycles. The number of imidazole rings is 1. The summed E-state index contributed by atoms with van der Waals surface area (Å²) >= 11 is 0. The standard InChI is InChI=1S/C11H13N3O5S/c1-19-10(15)4-5-12-20(17,18)7-2-3-8-9(6-7)14-11(16)13-8/h2-3,6,12H,4-5H2,1H3,(H2,13,14,16). The summed E-state index contributed by atoms with van der Waals surface area (Å²) in [5, 5.41) is 0. The first-order valence-corrected chi connectivity index (χ1v) is 7.19. The molecule has 0 fully saturated rings. The average Bonchev–Trinajstić information content (AvgIpc) is 2.77. The lowest BCUT2D eigenvalue weighted by Gasteiger charge is -2.06. The number of carbonyl (C=O) groups excluding carboxylic acids is 1. The van der Waals surface area contributed by atoms with Crippen molar-refractivity contribution in [2.24, 2.45) is 0 Å². The van der Waals surface area contributed by atoms with E-state index in [1.54, 1.807) is 0 Å². The Hall–Kier alpha value is -2.13. The molecule has 0 spiro atoms. The highest BCUT2D eigenvalue weighted by molar-refractivity contribution is 7.89. The number of ether oxygens (including phenoxy) is 1. The second-order valence-electron chi connectivity index (χ2n) is 4.01. The second kappa shape index (κ2) is 5.47. The van der Waals surface area contributed by atoms with Gasteiger partial charge in [-0.2, -0.15) is 0 Å². The number of hydrogen-bond acceptors (Lipinski definition) is 5. The predicted molar refractivity (Wildman–Crippen MR) is 70.7 cm³/mol. The Morgan fingerprint density at radius 2 is 2.00 bits per heavy atom. The maximum absolute atomic E-state index is 12.0. The Kier molecular flexibility index (Phi) is 3.91. The third-order valence-corrected chi connectivity index (χ3v) is 4.11. The van der Waals surface area contributed by atoms with E-state index in [4.69, 9.17) is 0 Å². The molecular weight excluding hydrogens is 286 g/mol. The molecule has 0 unspecified atom stereocenters. The fourth-order valence-electron chi connectivity index (χ4n) is 1.65. The van der Waals surface area contributed by atoms with Crippen LogP contribution in [0.1, 0.15) is 6.42 Å². The van der Waals surface area contributed by atoms with Gasteiger partial charge in [0.15, 0.2) is 0 Å². The molecule has 2 rings (SSSR count). The van der Waals surface area contributed by atoms with Crippen molar-refractivity contribution in [3.8, 4) is 0 Å². The molecule has 9 heteroatoms. The summed E-state index contributed by atoms with van der Waals surface area (Å²) in [6.45, 7) is -0.0588. The molecule has 8 nitrogen and oxygen atoms in total. The van der Waals surface area contributed by atoms with Gasteiger partial charge in [0, 0.05) is 6.54 Å². The third kappa shape index (κ3) is 3.06. The van der Waals surface area contributed by atoms with E-state index >= 15 is 0 Å². The fraction of sp³-hybridized carbons (Fsp3) is 0.273. The van der Waals surface area contributed by atoms with E-state index in [9.17, 15) is 18.0 Å². The van der Waals surface area contributed by atoms with Crippen molar-refractivity contribution >= 4 is 27.0 Å².